The monoisotopic (exact) mass is 143 g/mol. The fraction of sp³-hybridized carbons (Fsp3) is 0.429. The molecule has 0 saturated carbocycles. The molecule has 0 amide bonds. The van der Waals surface area contributed by atoms with Crippen molar-refractivity contribution in [1.29, 1.82) is 0 Å². The summed E-state index contributed by atoms with van der Waals surface area (Å²) in [5.41, 5.74) is 5.88. The molecule has 0 saturated heterocycles. The van der Waals surface area contributed by atoms with E-state index in [1.54, 1.807) is 12.2 Å². The number of nitrogens with two attached hydrogens (primary N) is 1. The predicted octanol–water partition coefficient (Wildman–Crippen LogP) is 1.10. The van der Waals surface area contributed by atoms with Gasteiger partial charge in [-0.1, -0.05) is 6.08 Å². The summed E-state index contributed by atoms with van der Waals surface area (Å²) in [6, 6.07) is 0. The summed E-state index contributed by atoms with van der Waals surface area (Å²) in [4.78, 5) is 0. The van der Waals surface area contributed by atoms with Gasteiger partial charge in [0.05, 0.1) is 6.42 Å². The normalized spacial score (nSPS) is 32.0. The number of halogens is 1. The number of hydrogen-bond donors (Lipinski definition) is 1. The summed E-state index contributed by atoms with van der Waals surface area (Å²) in [6.07, 6.45) is 4.70. The first kappa shape index (κ1) is 7.28. The molecule has 1 aliphatic rings. The lowest BCUT2D eigenvalue weighted by atomic mass is 10.1. The van der Waals surface area contributed by atoms with Crippen LogP contribution in [0.1, 0.15) is 6.42 Å². The smallest absolute Gasteiger partial charge is 0.233 e. The Morgan fingerprint density at radius 3 is 2.90 bits per heavy atom. The average molecular weight is 143 g/mol. The van der Waals surface area contributed by atoms with E-state index in [1.807, 2.05) is 0 Å². The Kier molecular flexibility index (Phi) is 1.76. The highest BCUT2D eigenvalue weighted by Gasteiger charge is 2.27. The minimum atomic E-state index is -1.68. The minimum Gasteiger partial charge on any atom is -0.402 e. The Bertz CT molecular complexity index is 188. The fourth-order valence-electron chi connectivity index (χ4n) is 0.852. The van der Waals surface area contributed by atoms with Gasteiger partial charge in [-0.15, -0.1) is 0 Å². The van der Waals surface area contributed by atoms with Crippen molar-refractivity contribution in [2.24, 2.45) is 5.73 Å². The minimum absolute atomic E-state index is 0.125. The molecule has 0 aliphatic heterocycles. The molecule has 0 spiro atoms. The van der Waals surface area contributed by atoms with E-state index in [2.05, 4.69) is 4.74 Å². The highest BCUT2D eigenvalue weighted by Crippen LogP contribution is 2.24. The van der Waals surface area contributed by atoms with Crippen LogP contribution in [0, 0.1) is 0 Å². The zero-order valence-electron chi connectivity index (χ0n) is 5.80. The molecule has 0 aromatic rings. The predicted molar refractivity (Wildman–Crippen MR) is 36.9 cm³/mol. The molecular weight excluding hydrogens is 133 g/mol. The summed E-state index contributed by atoms with van der Waals surface area (Å²) < 4.78 is 17.7. The van der Waals surface area contributed by atoms with Gasteiger partial charge < -0.3 is 10.5 Å². The van der Waals surface area contributed by atoms with Crippen molar-refractivity contribution in [2.75, 3.05) is 7.11 Å². The molecule has 1 unspecified atom stereocenters. The van der Waals surface area contributed by atoms with Crippen LogP contribution in [-0.2, 0) is 4.74 Å². The summed E-state index contributed by atoms with van der Waals surface area (Å²) in [5.74, 6) is -1.68. The number of methoxy groups -OCH3 is 1. The van der Waals surface area contributed by atoms with Gasteiger partial charge in [0.25, 0.3) is 0 Å². The average Bonchev–Trinajstić information content (AvgIpc) is 1.88. The van der Waals surface area contributed by atoms with E-state index in [4.69, 9.17) is 5.73 Å². The van der Waals surface area contributed by atoms with Gasteiger partial charge in [-0.05, 0) is 12.2 Å². The maximum atomic E-state index is 13.1. The highest BCUT2D eigenvalue weighted by molar-refractivity contribution is 5.20. The number of hydrogen-bond acceptors (Lipinski definition) is 2. The van der Waals surface area contributed by atoms with Crippen molar-refractivity contribution in [3.63, 3.8) is 0 Å². The third-order valence-electron chi connectivity index (χ3n) is 1.44. The lowest BCUT2D eigenvalue weighted by Gasteiger charge is -2.21. The van der Waals surface area contributed by atoms with Gasteiger partial charge in [-0.3, -0.25) is 0 Å². The van der Waals surface area contributed by atoms with Crippen LogP contribution < -0.4 is 5.73 Å². The van der Waals surface area contributed by atoms with Gasteiger partial charge in [0.15, 0.2) is 0 Å². The second kappa shape index (κ2) is 2.42. The number of rotatable bonds is 1. The molecule has 1 aliphatic carbocycles. The molecule has 0 heterocycles. The van der Waals surface area contributed by atoms with Crippen LogP contribution in [0.15, 0.2) is 23.9 Å². The molecule has 0 aromatic carbocycles. The van der Waals surface area contributed by atoms with E-state index in [0.29, 0.717) is 5.70 Å². The Labute approximate surface area is 59.2 Å². The second-order valence-corrected chi connectivity index (χ2v) is 2.27. The van der Waals surface area contributed by atoms with Gasteiger partial charge in [-0.2, -0.15) is 0 Å². The molecule has 56 valence electrons. The quantitative estimate of drug-likeness (QED) is 0.596. The first-order chi connectivity index (χ1) is 4.66. The van der Waals surface area contributed by atoms with Gasteiger partial charge >= 0.3 is 0 Å². The summed E-state index contributed by atoms with van der Waals surface area (Å²) >= 11 is 0. The van der Waals surface area contributed by atoms with Crippen LogP contribution in [-0.4, -0.2) is 13.0 Å². The highest BCUT2D eigenvalue weighted by atomic mass is 19.2. The Balaban J connectivity index is 2.71. The largest absolute Gasteiger partial charge is 0.402 e. The summed E-state index contributed by atoms with van der Waals surface area (Å²) in [7, 11) is 1.32. The fourth-order valence-corrected chi connectivity index (χ4v) is 0.852. The Hall–Kier alpha value is -0.830. The SMILES string of the molecule is COC1(F)C=CC=C(N)C1. The van der Waals surface area contributed by atoms with Crippen LogP contribution in [0.2, 0.25) is 0 Å². The third-order valence-corrected chi connectivity index (χ3v) is 1.44. The van der Waals surface area contributed by atoms with Crippen LogP contribution in [0.3, 0.4) is 0 Å². The molecule has 10 heavy (non-hydrogen) atoms. The molecule has 3 heteroatoms. The molecule has 2 N–H and O–H groups in total. The number of alkyl halides is 1. The molecule has 0 bridgehead atoms. The van der Waals surface area contributed by atoms with E-state index in [9.17, 15) is 4.39 Å². The second-order valence-electron chi connectivity index (χ2n) is 2.27. The molecule has 0 fully saturated rings. The molecule has 1 atom stereocenters. The first-order valence-electron chi connectivity index (χ1n) is 3.04. The van der Waals surface area contributed by atoms with E-state index in [-0.39, 0.29) is 6.42 Å². The van der Waals surface area contributed by atoms with Crippen LogP contribution in [0.5, 0.6) is 0 Å². The summed E-state index contributed by atoms with van der Waals surface area (Å²) in [6.45, 7) is 0. The van der Waals surface area contributed by atoms with E-state index in [1.165, 1.54) is 13.2 Å². The lowest BCUT2D eigenvalue weighted by molar-refractivity contribution is -0.0789. The van der Waals surface area contributed by atoms with E-state index >= 15 is 0 Å². The Morgan fingerprint density at radius 2 is 2.50 bits per heavy atom. The molecule has 0 aromatic heterocycles. The van der Waals surface area contributed by atoms with Gasteiger partial charge in [0.2, 0.25) is 5.85 Å². The summed E-state index contributed by atoms with van der Waals surface area (Å²) in [5, 5.41) is 0. The zero-order valence-corrected chi connectivity index (χ0v) is 5.80. The van der Waals surface area contributed by atoms with Crippen molar-refractivity contribution in [3.8, 4) is 0 Å². The van der Waals surface area contributed by atoms with E-state index < -0.39 is 5.85 Å². The van der Waals surface area contributed by atoms with Gasteiger partial charge in [0.1, 0.15) is 0 Å². The molecule has 2 nitrogen and oxygen atoms in total. The molecular formula is C7H10FNO. The van der Waals surface area contributed by atoms with Crippen molar-refractivity contribution in [3.05, 3.63) is 23.9 Å². The molecule has 1 rings (SSSR count). The van der Waals surface area contributed by atoms with Gasteiger partial charge in [-0.25, -0.2) is 4.39 Å². The van der Waals surface area contributed by atoms with Crippen LogP contribution in [0.25, 0.3) is 0 Å². The maximum absolute atomic E-state index is 13.1. The number of ether oxygens (including phenoxy) is 1. The topological polar surface area (TPSA) is 35.2 Å². The maximum Gasteiger partial charge on any atom is 0.233 e. The third kappa shape index (κ3) is 1.36. The first-order valence-corrected chi connectivity index (χ1v) is 3.04. The van der Waals surface area contributed by atoms with Crippen molar-refractivity contribution in [1.82, 2.24) is 0 Å². The van der Waals surface area contributed by atoms with Crippen molar-refractivity contribution >= 4 is 0 Å². The van der Waals surface area contributed by atoms with Crippen molar-refractivity contribution in [2.45, 2.75) is 12.3 Å². The van der Waals surface area contributed by atoms with Crippen LogP contribution >= 0.6 is 0 Å². The standard InChI is InChI=1S/C7H10FNO/c1-10-7(8)4-2-3-6(9)5-7/h2-4H,5,9H2,1H3. The lowest BCUT2D eigenvalue weighted by Crippen LogP contribution is -2.26. The molecule has 0 radical (unpaired) electrons. The van der Waals surface area contributed by atoms with Crippen molar-refractivity contribution < 1.29 is 9.13 Å². The number of allylic oxidation sites excluding steroid dienone is 2. The van der Waals surface area contributed by atoms with Crippen LogP contribution in [0.4, 0.5) is 4.39 Å². The zero-order chi connectivity index (χ0) is 7.61. The Morgan fingerprint density at radius 1 is 1.80 bits per heavy atom. The van der Waals surface area contributed by atoms with Gasteiger partial charge in [0, 0.05) is 12.8 Å². The van der Waals surface area contributed by atoms with E-state index in [0.717, 1.165) is 0 Å².